The molecule has 0 spiro atoms. The first-order valence-electron chi connectivity index (χ1n) is 6.23. The minimum Gasteiger partial charge on any atom is -0.237 e. The molecular formula is C14H12ClF3N4. The van der Waals surface area contributed by atoms with Crippen LogP contribution < -0.4 is 0 Å². The van der Waals surface area contributed by atoms with Gasteiger partial charge in [0.2, 0.25) is 0 Å². The van der Waals surface area contributed by atoms with Crippen LogP contribution >= 0.6 is 12.4 Å². The Morgan fingerprint density at radius 2 is 1.86 bits per heavy atom. The molecule has 3 rings (SSSR count). The van der Waals surface area contributed by atoms with Gasteiger partial charge >= 0.3 is 6.18 Å². The van der Waals surface area contributed by atoms with Gasteiger partial charge in [-0.1, -0.05) is 6.07 Å². The highest BCUT2D eigenvalue weighted by atomic mass is 35.5. The van der Waals surface area contributed by atoms with E-state index in [1.54, 1.807) is 24.4 Å². The Hall–Kier alpha value is -2.15. The summed E-state index contributed by atoms with van der Waals surface area (Å²) in [7, 11) is 0. The third-order valence-corrected chi connectivity index (χ3v) is 3.11. The van der Waals surface area contributed by atoms with Crippen molar-refractivity contribution < 1.29 is 13.2 Å². The van der Waals surface area contributed by atoms with Crippen LogP contribution in [0, 0.1) is 13.8 Å². The molecule has 3 heterocycles. The quantitative estimate of drug-likeness (QED) is 0.681. The molecule has 116 valence electrons. The number of fused-ring (bicyclic) bond motifs is 1. The van der Waals surface area contributed by atoms with E-state index in [1.165, 1.54) is 18.5 Å². The van der Waals surface area contributed by atoms with Crippen LogP contribution in [0.3, 0.4) is 0 Å². The van der Waals surface area contributed by atoms with Crippen LogP contribution in [-0.4, -0.2) is 19.7 Å². The number of aryl methyl sites for hydroxylation is 2. The maximum atomic E-state index is 13.2. The van der Waals surface area contributed by atoms with Crippen LogP contribution in [0.15, 0.2) is 30.5 Å². The van der Waals surface area contributed by atoms with Crippen LogP contribution in [-0.2, 0) is 6.18 Å². The standard InChI is InChI=1S/C14H11F3N4.ClH/c1-8-7-10(14(15,16)17)12-9(2)20-21(13(12)19-8)11-5-3-4-6-18-11;/h3-7H,1-2H3;1H. The summed E-state index contributed by atoms with van der Waals surface area (Å²) in [6.07, 6.45) is -2.90. The molecule has 4 nitrogen and oxygen atoms in total. The molecule has 0 unspecified atom stereocenters. The molecule has 0 aliphatic rings. The Bertz CT molecular complexity index is 812. The average molecular weight is 329 g/mol. The average Bonchev–Trinajstić information content (AvgIpc) is 2.75. The number of nitrogens with zero attached hydrogens (tertiary/aromatic N) is 4. The van der Waals surface area contributed by atoms with Gasteiger partial charge in [0.15, 0.2) is 11.5 Å². The van der Waals surface area contributed by atoms with Gasteiger partial charge in [-0.25, -0.2) is 9.97 Å². The van der Waals surface area contributed by atoms with E-state index in [-0.39, 0.29) is 34.8 Å². The first kappa shape index (κ1) is 16.2. The number of hydrogen-bond acceptors (Lipinski definition) is 3. The Morgan fingerprint density at radius 1 is 1.14 bits per heavy atom. The van der Waals surface area contributed by atoms with Gasteiger partial charge in [0, 0.05) is 11.9 Å². The number of rotatable bonds is 1. The van der Waals surface area contributed by atoms with Gasteiger partial charge < -0.3 is 0 Å². The minimum atomic E-state index is -4.45. The highest BCUT2D eigenvalue weighted by Gasteiger charge is 2.35. The van der Waals surface area contributed by atoms with Gasteiger partial charge in [-0.05, 0) is 32.0 Å². The molecule has 0 atom stereocenters. The number of alkyl halides is 3. The third kappa shape index (κ3) is 2.64. The van der Waals surface area contributed by atoms with E-state index in [2.05, 4.69) is 15.1 Å². The van der Waals surface area contributed by atoms with Crippen molar-refractivity contribution in [1.29, 1.82) is 0 Å². The SMILES string of the molecule is Cc1cc(C(F)(F)F)c2c(C)nn(-c3ccccn3)c2n1.Cl. The smallest absolute Gasteiger partial charge is 0.237 e. The van der Waals surface area contributed by atoms with E-state index < -0.39 is 11.7 Å². The largest absolute Gasteiger partial charge is 0.417 e. The Morgan fingerprint density at radius 3 is 2.45 bits per heavy atom. The number of halogens is 4. The van der Waals surface area contributed by atoms with Gasteiger partial charge in [0.1, 0.15) is 0 Å². The van der Waals surface area contributed by atoms with Gasteiger partial charge in [-0.15, -0.1) is 12.4 Å². The molecular weight excluding hydrogens is 317 g/mol. The zero-order valence-corrected chi connectivity index (χ0v) is 12.5. The maximum Gasteiger partial charge on any atom is 0.417 e. The molecule has 8 heteroatoms. The molecule has 0 saturated carbocycles. The maximum absolute atomic E-state index is 13.2. The van der Waals surface area contributed by atoms with Crippen LogP contribution in [0.2, 0.25) is 0 Å². The van der Waals surface area contributed by atoms with Crippen molar-refractivity contribution in [1.82, 2.24) is 19.7 Å². The van der Waals surface area contributed by atoms with Crippen molar-refractivity contribution in [2.75, 3.05) is 0 Å². The number of pyridine rings is 2. The van der Waals surface area contributed by atoms with Gasteiger partial charge in [-0.2, -0.15) is 23.0 Å². The first-order valence-corrected chi connectivity index (χ1v) is 6.23. The summed E-state index contributed by atoms with van der Waals surface area (Å²) in [5.41, 5.74) is 0.00518. The fourth-order valence-corrected chi connectivity index (χ4v) is 2.28. The molecule has 0 aromatic carbocycles. The summed E-state index contributed by atoms with van der Waals surface area (Å²) in [6, 6.07) is 6.18. The van der Waals surface area contributed by atoms with Crippen molar-refractivity contribution in [3.8, 4) is 5.82 Å². The van der Waals surface area contributed by atoms with Crippen LogP contribution in [0.5, 0.6) is 0 Å². The second-order valence-corrected chi connectivity index (χ2v) is 4.69. The van der Waals surface area contributed by atoms with E-state index in [0.29, 0.717) is 5.82 Å². The minimum absolute atomic E-state index is 0. The Labute approximate surface area is 130 Å². The second kappa shape index (κ2) is 5.57. The molecule has 0 aliphatic heterocycles. The van der Waals surface area contributed by atoms with Crippen molar-refractivity contribution in [2.24, 2.45) is 0 Å². The molecule has 0 amide bonds. The van der Waals surface area contributed by atoms with Gasteiger partial charge in [0.05, 0.1) is 16.6 Å². The number of aromatic nitrogens is 4. The van der Waals surface area contributed by atoms with Crippen molar-refractivity contribution in [2.45, 2.75) is 20.0 Å². The molecule has 22 heavy (non-hydrogen) atoms. The predicted octanol–water partition coefficient (Wildman–Crippen LogP) is 3.87. The monoisotopic (exact) mass is 328 g/mol. The normalized spacial score (nSPS) is 11.5. The Kier molecular flexibility index (Phi) is 4.10. The van der Waals surface area contributed by atoms with Crippen LogP contribution in [0.1, 0.15) is 17.0 Å². The fourth-order valence-electron chi connectivity index (χ4n) is 2.28. The summed E-state index contributed by atoms with van der Waals surface area (Å²) >= 11 is 0. The summed E-state index contributed by atoms with van der Waals surface area (Å²) in [5, 5.41) is 4.18. The molecule has 0 fully saturated rings. The van der Waals surface area contributed by atoms with Crippen molar-refractivity contribution >= 4 is 23.4 Å². The summed E-state index contributed by atoms with van der Waals surface area (Å²) in [4.78, 5) is 8.32. The summed E-state index contributed by atoms with van der Waals surface area (Å²) in [6.45, 7) is 3.06. The highest BCUT2D eigenvalue weighted by molar-refractivity contribution is 5.85. The Balaban J connectivity index is 0.00000176. The lowest BCUT2D eigenvalue weighted by atomic mass is 10.1. The number of hydrogen-bond donors (Lipinski definition) is 0. The second-order valence-electron chi connectivity index (χ2n) is 4.69. The molecule has 0 bridgehead atoms. The first-order chi connectivity index (χ1) is 9.88. The molecule has 3 aromatic rings. The van der Waals surface area contributed by atoms with Crippen LogP contribution in [0.4, 0.5) is 13.2 Å². The zero-order valence-electron chi connectivity index (χ0n) is 11.7. The van der Waals surface area contributed by atoms with Gasteiger partial charge in [-0.3, -0.25) is 0 Å². The predicted molar refractivity (Wildman–Crippen MR) is 78.4 cm³/mol. The van der Waals surface area contributed by atoms with Crippen molar-refractivity contribution in [3.05, 3.63) is 47.4 Å². The molecule has 0 radical (unpaired) electrons. The van der Waals surface area contributed by atoms with E-state index in [4.69, 9.17) is 0 Å². The van der Waals surface area contributed by atoms with E-state index >= 15 is 0 Å². The molecule has 3 aromatic heterocycles. The lowest BCUT2D eigenvalue weighted by molar-refractivity contribution is -0.136. The summed E-state index contributed by atoms with van der Waals surface area (Å²) in [5.74, 6) is 0.432. The van der Waals surface area contributed by atoms with E-state index in [0.717, 1.165) is 6.07 Å². The summed E-state index contributed by atoms with van der Waals surface area (Å²) < 4.78 is 41.0. The third-order valence-electron chi connectivity index (χ3n) is 3.11. The topological polar surface area (TPSA) is 43.6 Å². The fraction of sp³-hybridized carbons (Fsp3) is 0.214. The van der Waals surface area contributed by atoms with E-state index in [1.807, 2.05) is 0 Å². The molecule has 0 N–H and O–H groups in total. The van der Waals surface area contributed by atoms with Crippen LogP contribution in [0.25, 0.3) is 16.9 Å². The van der Waals surface area contributed by atoms with Gasteiger partial charge in [0.25, 0.3) is 0 Å². The van der Waals surface area contributed by atoms with E-state index in [9.17, 15) is 13.2 Å². The molecule has 0 saturated heterocycles. The zero-order chi connectivity index (χ0) is 15.2. The lowest BCUT2D eigenvalue weighted by Crippen LogP contribution is -2.08. The molecule has 0 aliphatic carbocycles. The highest BCUT2D eigenvalue weighted by Crippen LogP contribution is 2.36. The lowest BCUT2D eigenvalue weighted by Gasteiger charge is -2.09. The van der Waals surface area contributed by atoms with Crippen molar-refractivity contribution in [3.63, 3.8) is 0 Å².